The van der Waals surface area contributed by atoms with E-state index >= 15 is 0 Å². The van der Waals surface area contributed by atoms with E-state index in [1.807, 2.05) is 19.9 Å². The number of likely N-dealkylation sites (tertiary alicyclic amines) is 1. The fraction of sp³-hybridized carbons (Fsp3) is 0.579. The van der Waals surface area contributed by atoms with E-state index in [-0.39, 0.29) is 24.2 Å². The van der Waals surface area contributed by atoms with Crippen LogP contribution in [0.15, 0.2) is 30.3 Å². The zero-order chi connectivity index (χ0) is 20.2. The summed E-state index contributed by atoms with van der Waals surface area (Å²) in [6, 6.07) is 8.16. The van der Waals surface area contributed by atoms with Crippen molar-refractivity contribution in [1.29, 1.82) is 0 Å². The molecule has 0 bridgehead atoms. The molecular formula is C19H31BClN3O4. The van der Waals surface area contributed by atoms with Crippen molar-refractivity contribution in [1.82, 2.24) is 10.2 Å². The number of nitrogens with one attached hydrogen (secondary N) is 1. The molecule has 2 rings (SSSR count). The van der Waals surface area contributed by atoms with Gasteiger partial charge in [-0.3, -0.25) is 9.59 Å². The zero-order valence-electron chi connectivity index (χ0n) is 16.7. The standard InChI is InChI=1S/C19H30BN3O4.ClH/c1-4-15(20(26)27)22-17(24)16(14-9-6-5-7-10-14)23-12-8-11-19(21,13(2)3)18(23)25;/h5-7,9-10,13,15-16,26-27H,4,8,11-12,21H2,1-3H3,(H,22,24);1H/t15-,16?,19?;/m0./s1. The molecule has 7 nitrogen and oxygen atoms in total. The molecule has 1 aromatic carbocycles. The SMILES string of the molecule is CC[C@H](NC(=O)C(c1ccccc1)N1CCCC(N)(C(C)C)C1=O)B(O)O.Cl. The van der Waals surface area contributed by atoms with Crippen LogP contribution >= 0.6 is 12.4 Å². The lowest BCUT2D eigenvalue weighted by Gasteiger charge is -2.44. The number of nitrogens with two attached hydrogens (primary N) is 1. The molecule has 156 valence electrons. The summed E-state index contributed by atoms with van der Waals surface area (Å²) in [4.78, 5) is 27.8. The van der Waals surface area contributed by atoms with E-state index < -0.39 is 30.5 Å². The maximum atomic E-state index is 13.2. The number of benzene rings is 1. The summed E-state index contributed by atoms with van der Waals surface area (Å²) in [7, 11) is -1.67. The number of piperidine rings is 1. The summed E-state index contributed by atoms with van der Waals surface area (Å²) in [5, 5.41) is 21.6. The summed E-state index contributed by atoms with van der Waals surface area (Å²) in [6.45, 7) is 6.00. The molecule has 1 heterocycles. The molecule has 9 heteroatoms. The molecule has 0 aliphatic carbocycles. The zero-order valence-corrected chi connectivity index (χ0v) is 17.5. The molecule has 3 atom stereocenters. The molecule has 2 amide bonds. The van der Waals surface area contributed by atoms with Crippen LogP contribution in [-0.4, -0.2) is 51.9 Å². The lowest BCUT2D eigenvalue weighted by molar-refractivity contribution is -0.150. The fourth-order valence-electron chi connectivity index (χ4n) is 3.56. The number of amides is 2. The molecule has 1 aliphatic heterocycles. The maximum Gasteiger partial charge on any atom is 0.475 e. The van der Waals surface area contributed by atoms with Crippen LogP contribution in [-0.2, 0) is 9.59 Å². The van der Waals surface area contributed by atoms with Gasteiger partial charge >= 0.3 is 7.12 Å². The Balaban J connectivity index is 0.00000392. The van der Waals surface area contributed by atoms with Gasteiger partial charge in [0.25, 0.3) is 0 Å². The third-order valence-corrected chi connectivity index (χ3v) is 5.48. The van der Waals surface area contributed by atoms with Gasteiger partial charge in [0.1, 0.15) is 6.04 Å². The summed E-state index contributed by atoms with van der Waals surface area (Å²) in [5.41, 5.74) is 6.08. The van der Waals surface area contributed by atoms with Gasteiger partial charge < -0.3 is 26.0 Å². The summed E-state index contributed by atoms with van der Waals surface area (Å²) >= 11 is 0. The van der Waals surface area contributed by atoms with Gasteiger partial charge in [-0.2, -0.15) is 0 Å². The molecule has 28 heavy (non-hydrogen) atoms. The molecule has 5 N–H and O–H groups in total. The first kappa shape index (κ1) is 24.4. The Morgan fingerprint density at radius 3 is 2.43 bits per heavy atom. The van der Waals surface area contributed by atoms with Crippen molar-refractivity contribution < 1.29 is 19.6 Å². The van der Waals surface area contributed by atoms with Gasteiger partial charge in [-0.1, -0.05) is 51.1 Å². The van der Waals surface area contributed by atoms with E-state index in [4.69, 9.17) is 5.73 Å². The Kier molecular flexibility index (Phi) is 8.95. The topological polar surface area (TPSA) is 116 Å². The van der Waals surface area contributed by atoms with E-state index in [0.717, 1.165) is 0 Å². The predicted octanol–water partition coefficient (Wildman–Crippen LogP) is 1.03. The van der Waals surface area contributed by atoms with Gasteiger partial charge in [-0.05, 0) is 30.7 Å². The number of rotatable bonds is 7. The number of carbonyl (C=O) groups is 2. The molecule has 1 saturated heterocycles. The van der Waals surface area contributed by atoms with Crippen LogP contribution in [0.25, 0.3) is 0 Å². The lowest BCUT2D eigenvalue weighted by atomic mass is 9.77. The molecule has 0 saturated carbocycles. The van der Waals surface area contributed by atoms with Gasteiger partial charge in [-0.25, -0.2) is 0 Å². The normalized spacial score (nSPS) is 21.7. The number of halogens is 1. The van der Waals surface area contributed by atoms with Gasteiger partial charge in [0.05, 0.1) is 11.5 Å². The fourth-order valence-corrected chi connectivity index (χ4v) is 3.56. The average molecular weight is 412 g/mol. The summed E-state index contributed by atoms with van der Waals surface area (Å²) in [6.07, 6.45) is 1.64. The Hall–Kier alpha value is -1.61. The van der Waals surface area contributed by atoms with Crippen LogP contribution in [0.5, 0.6) is 0 Å². The van der Waals surface area contributed by atoms with Crippen LogP contribution in [0.2, 0.25) is 0 Å². The second-order valence-electron chi connectivity index (χ2n) is 7.55. The number of hydrogen-bond donors (Lipinski definition) is 4. The Morgan fingerprint density at radius 1 is 1.32 bits per heavy atom. The van der Waals surface area contributed by atoms with Gasteiger partial charge in [0.15, 0.2) is 0 Å². The summed E-state index contributed by atoms with van der Waals surface area (Å²) < 4.78 is 0. The smallest absolute Gasteiger partial charge is 0.426 e. The molecule has 1 aliphatic rings. The molecule has 1 aromatic rings. The first-order chi connectivity index (χ1) is 12.7. The van der Waals surface area contributed by atoms with E-state index in [2.05, 4.69) is 5.32 Å². The Morgan fingerprint density at radius 2 is 1.93 bits per heavy atom. The largest absolute Gasteiger partial charge is 0.475 e. The molecule has 1 fully saturated rings. The van der Waals surface area contributed by atoms with Crippen molar-refractivity contribution in [2.75, 3.05) is 6.54 Å². The van der Waals surface area contributed by atoms with Crippen molar-refractivity contribution in [2.24, 2.45) is 11.7 Å². The highest BCUT2D eigenvalue weighted by molar-refractivity contribution is 6.43. The highest BCUT2D eigenvalue weighted by atomic mass is 35.5. The van der Waals surface area contributed by atoms with Gasteiger partial charge in [0.2, 0.25) is 11.8 Å². The lowest BCUT2D eigenvalue weighted by Crippen LogP contribution is -2.64. The minimum absolute atomic E-state index is 0. The van der Waals surface area contributed by atoms with Crippen molar-refractivity contribution in [2.45, 2.75) is 57.6 Å². The van der Waals surface area contributed by atoms with E-state index in [9.17, 15) is 19.6 Å². The van der Waals surface area contributed by atoms with Crippen LogP contribution in [0.4, 0.5) is 0 Å². The average Bonchev–Trinajstić information content (AvgIpc) is 2.64. The third kappa shape index (κ3) is 5.05. The van der Waals surface area contributed by atoms with Gasteiger partial charge in [-0.15, -0.1) is 12.4 Å². The van der Waals surface area contributed by atoms with Crippen molar-refractivity contribution in [3.05, 3.63) is 35.9 Å². The molecular weight excluding hydrogens is 380 g/mol. The first-order valence-electron chi connectivity index (χ1n) is 9.53. The number of nitrogens with zero attached hydrogens (tertiary/aromatic N) is 1. The second-order valence-corrected chi connectivity index (χ2v) is 7.55. The predicted molar refractivity (Wildman–Crippen MR) is 112 cm³/mol. The highest BCUT2D eigenvalue weighted by Gasteiger charge is 2.47. The van der Waals surface area contributed by atoms with Crippen molar-refractivity contribution in [3.8, 4) is 0 Å². The van der Waals surface area contributed by atoms with Gasteiger partial charge in [0, 0.05) is 6.54 Å². The minimum Gasteiger partial charge on any atom is -0.426 e. The highest BCUT2D eigenvalue weighted by Crippen LogP contribution is 2.33. The van der Waals surface area contributed by atoms with Crippen molar-refractivity contribution >= 4 is 31.3 Å². The van der Waals surface area contributed by atoms with E-state index in [1.54, 1.807) is 31.2 Å². The van der Waals surface area contributed by atoms with Crippen LogP contribution < -0.4 is 11.1 Å². The quantitative estimate of drug-likeness (QED) is 0.500. The second kappa shape index (κ2) is 10.3. The monoisotopic (exact) mass is 411 g/mol. The number of hydrogen-bond acceptors (Lipinski definition) is 5. The molecule has 0 spiro atoms. The minimum atomic E-state index is -1.67. The van der Waals surface area contributed by atoms with E-state index in [0.29, 0.717) is 31.4 Å². The third-order valence-electron chi connectivity index (χ3n) is 5.48. The molecule has 2 unspecified atom stereocenters. The van der Waals surface area contributed by atoms with Crippen LogP contribution in [0.1, 0.15) is 51.6 Å². The maximum absolute atomic E-state index is 13.2. The van der Waals surface area contributed by atoms with E-state index in [1.165, 1.54) is 4.90 Å². The van der Waals surface area contributed by atoms with Crippen LogP contribution in [0, 0.1) is 5.92 Å². The Bertz CT molecular complexity index is 662. The first-order valence-corrected chi connectivity index (χ1v) is 9.53. The van der Waals surface area contributed by atoms with Crippen molar-refractivity contribution in [3.63, 3.8) is 0 Å². The molecule has 0 aromatic heterocycles. The Labute approximate surface area is 173 Å². The van der Waals surface area contributed by atoms with Crippen LogP contribution in [0.3, 0.4) is 0 Å². The summed E-state index contributed by atoms with van der Waals surface area (Å²) in [5.74, 6) is -1.56. The number of carbonyl (C=O) groups excluding carboxylic acids is 2. The molecule has 0 radical (unpaired) electrons.